The van der Waals surface area contributed by atoms with Crippen LogP contribution in [0, 0.1) is 0 Å². The molecule has 0 aliphatic heterocycles. The highest BCUT2D eigenvalue weighted by atomic mass is 35.5. The number of unbranched alkanes of at least 4 members (excludes halogenated alkanes) is 6. The average molecular weight is 407 g/mol. The van der Waals surface area contributed by atoms with Crippen molar-refractivity contribution in [3.05, 3.63) is 69.7 Å². The maximum atomic E-state index is 6.15. The summed E-state index contributed by atoms with van der Waals surface area (Å²) in [6.07, 6.45) is 9.10. The molecule has 2 N–H and O–H groups in total. The van der Waals surface area contributed by atoms with Gasteiger partial charge in [-0.1, -0.05) is 91.7 Å². The molecule has 0 saturated carbocycles. The molecular weight excluding hydrogens is 375 g/mol. The molecule has 2 nitrogen and oxygen atoms in total. The molecule has 0 bridgehead atoms. The third-order valence-corrected chi connectivity index (χ3v) is 5.49. The van der Waals surface area contributed by atoms with Gasteiger partial charge in [-0.25, -0.2) is 0 Å². The standard InChI is InChI=1S/C23H32Cl2N2/c24-22-14-8-6-12-20(22)18-26-16-10-4-2-1-3-5-11-17-27-19-21-13-7-9-15-23(21)25/h6-9,12-15,26-27H,1-5,10-11,16-19H2. The van der Waals surface area contributed by atoms with Gasteiger partial charge >= 0.3 is 0 Å². The fourth-order valence-electron chi connectivity index (χ4n) is 3.11. The van der Waals surface area contributed by atoms with Crippen LogP contribution in [-0.2, 0) is 13.1 Å². The van der Waals surface area contributed by atoms with Gasteiger partial charge in [0, 0.05) is 23.1 Å². The first-order chi connectivity index (χ1) is 13.3. The molecular formula is C23H32Cl2N2. The Morgan fingerprint density at radius 1 is 0.519 bits per heavy atom. The van der Waals surface area contributed by atoms with Crippen LogP contribution in [0.4, 0.5) is 0 Å². The predicted octanol–water partition coefficient (Wildman–Crippen LogP) is 6.60. The second-order valence-electron chi connectivity index (χ2n) is 7.01. The van der Waals surface area contributed by atoms with E-state index in [1.165, 1.54) is 56.1 Å². The van der Waals surface area contributed by atoms with Crippen LogP contribution in [0.5, 0.6) is 0 Å². The van der Waals surface area contributed by atoms with Crippen LogP contribution in [0.1, 0.15) is 56.1 Å². The predicted molar refractivity (Wildman–Crippen MR) is 119 cm³/mol. The fourth-order valence-corrected chi connectivity index (χ4v) is 3.52. The first-order valence-corrected chi connectivity index (χ1v) is 10.9. The Labute approximate surface area is 174 Å². The van der Waals surface area contributed by atoms with Gasteiger partial charge in [0.25, 0.3) is 0 Å². The van der Waals surface area contributed by atoms with E-state index in [2.05, 4.69) is 22.8 Å². The normalized spacial score (nSPS) is 11.0. The number of hydrogen-bond acceptors (Lipinski definition) is 2. The van der Waals surface area contributed by atoms with E-state index in [0.29, 0.717) is 0 Å². The molecule has 0 radical (unpaired) electrons. The van der Waals surface area contributed by atoms with E-state index in [-0.39, 0.29) is 0 Å². The Balaban J connectivity index is 1.35. The molecule has 148 valence electrons. The molecule has 27 heavy (non-hydrogen) atoms. The molecule has 0 amide bonds. The van der Waals surface area contributed by atoms with Gasteiger partial charge in [-0.2, -0.15) is 0 Å². The van der Waals surface area contributed by atoms with Crippen LogP contribution >= 0.6 is 23.2 Å². The summed E-state index contributed by atoms with van der Waals surface area (Å²) in [6, 6.07) is 16.1. The molecule has 2 aromatic rings. The van der Waals surface area contributed by atoms with E-state index in [1.54, 1.807) is 0 Å². The molecule has 2 rings (SSSR count). The lowest BCUT2D eigenvalue weighted by Crippen LogP contribution is -2.15. The molecule has 0 atom stereocenters. The molecule has 0 fully saturated rings. The number of hydrogen-bond donors (Lipinski definition) is 2. The van der Waals surface area contributed by atoms with Crippen LogP contribution in [0.15, 0.2) is 48.5 Å². The zero-order valence-electron chi connectivity index (χ0n) is 16.2. The number of benzene rings is 2. The van der Waals surface area contributed by atoms with Crippen molar-refractivity contribution in [2.75, 3.05) is 13.1 Å². The zero-order chi connectivity index (χ0) is 19.2. The van der Waals surface area contributed by atoms with Crippen molar-refractivity contribution in [3.63, 3.8) is 0 Å². The van der Waals surface area contributed by atoms with E-state index >= 15 is 0 Å². The Morgan fingerprint density at radius 3 is 1.30 bits per heavy atom. The minimum Gasteiger partial charge on any atom is -0.313 e. The SMILES string of the molecule is Clc1ccccc1CNCCCCCCCCCNCc1ccccc1Cl. The summed E-state index contributed by atoms with van der Waals surface area (Å²) in [5.74, 6) is 0. The Bertz CT molecular complexity index is 590. The Morgan fingerprint density at radius 2 is 0.889 bits per heavy atom. The van der Waals surface area contributed by atoms with Crippen LogP contribution < -0.4 is 10.6 Å². The van der Waals surface area contributed by atoms with Gasteiger partial charge in [-0.3, -0.25) is 0 Å². The van der Waals surface area contributed by atoms with Gasteiger partial charge in [0.05, 0.1) is 0 Å². The third kappa shape index (κ3) is 9.62. The smallest absolute Gasteiger partial charge is 0.0450 e. The van der Waals surface area contributed by atoms with Crippen molar-refractivity contribution < 1.29 is 0 Å². The van der Waals surface area contributed by atoms with E-state index < -0.39 is 0 Å². The van der Waals surface area contributed by atoms with Gasteiger partial charge in [-0.15, -0.1) is 0 Å². The quantitative estimate of drug-likeness (QED) is 0.345. The lowest BCUT2D eigenvalue weighted by Gasteiger charge is -2.07. The molecule has 2 aromatic carbocycles. The Hall–Kier alpha value is -1.06. The van der Waals surface area contributed by atoms with Gasteiger partial charge in [0.2, 0.25) is 0 Å². The third-order valence-electron chi connectivity index (χ3n) is 4.75. The van der Waals surface area contributed by atoms with E-state index in [1.807, 2.05) is 36.4 Å². The minimum atomic E-state index is 0.853. The highest BCUT2D eigenvalue weighted by Crippen LogP contribution is 2.15. The molecule has 0 spiro atoms. The summed E-state index contributed by atoms with van der Waals surface area (Å²) >= 11 is 12.3. The van der Waals surface area contributed by atoms with E-state index in [9.17, 15) is 0 Å². The van der Waals surface area contributed by atoms with Crippen molar-refractivity contribution in [2.24, 2.45) is 0 Å². The molecule has 0 unspecified atom stereocenters. The largest absolute Gasteiger partial charge is 0.313 e. The minimum absolute atomic E-state index is 0.853. The van der Waals surface area contributed by atoms with Crippen molar-refractivity contribution in [1.29, 1.82) is 0 Å². The van der Waals surface area contributed by atoms with Crippen LogP contribution in [-0.4, -0.2) is 13.1 Å². The summed E-state index contributed by atoms with van der Waals surface area (Å²) in [6.45, 7) is 3.86. The van der Waals surface area contributed by atoms with Gasteiger partial charge in [-0.05, 0) is 49.2 Å². The molecule has 0 aromatic heterocycles. The first-order valence-electron chi connectivity index (χ1n) is 10.2. The van der Waals surface area contributed by atoms with Gasteiger partial charge in [0.1, 0.15) is 0 Å². The highest BCUT2D eigenvalue weighted by Gasteiger charge is 1.99. The lowest BCUT2D eigenvalue weighted by molar-refractivity contribution is 0.544. The lowest BCUT2D eigenvalue weighted by atomic mass is 10.1. The van der Waals surface area contributed by atoms with E-state index in [0.717, 1.165) is 36.2 Å². The molecule has 0 saturated heterocycles. The summed E-state index contributed by atoms with van der Waals surface area (Å²) in [5.41, 5.74) is 2.37. The fraction of sp³-hybridized carbons (Fsp3) is 0.478. The van der Waals surface area contributed by atoms with E-state index in [4.69, 9.17) is 23.2 Å². The molecule has 0 heterocycles. The average Bonchev–Trinajstić information content (AvgIpc) is 2.68. The van der Waals surface area contributed by atoms with Gasteiger partial charge in [0.15, 0.2) is 0 Å². The van der Waals surface area contributed by atoms with Crippen molar-refractivity contribution in [3.8, 4) is 0 Å². The van der Waals surface area contributed by atoms with Crippen molar-refractivity contribution in [1.82, 2.24) is 10.6 Å². The molecule has 0 aliphatic rings. The van der Waals surface area contributed by atoms with Crippen LogP contribution in [0.3, 0.4) is 0 Å². The number of nitrogens with one attached hydrogen (secondary N) is 2. The maximum absolute atomic E-state index is 6.15. The Kier molecular flexibility index (Phi) is 11.5. The molecule has 4 heteroatoms. The topological polar surface area (TPSA) is 24.1 Å². The zero-order valence-corrected chi connectivity index (χ0v) is 17.7. The highest BCUT2D eigenvalue weighted by molar-refractivity contribution is 6.31. The van der Waals surface area contributed by atoms with Gasteiger partial charge < -0.3 is 10.6 Å². The van der Waals surface area contributed by atoms with Crippen LogP contribution in [0.25, 0.3) is 0 Å². The maximum Gasteiger partial charge on any atom is 0.0450 e. The summed E-state index contributed by atoms with van der Waals surface area (Å²) in [5, 5.41) is 8.67. The second kappa shape index (κ2) is 14.0. The summed E-state index contributed by atoms with van der Waals surface area (Å²) < 4.78 is 0. The molecule has 0 aliphatic carbocycles. The van der Waals surface area contributed by atoms with Crippen molar-refractivity contribution in [2.45, 2.75) is 58.0 Å². The van der Waals surface area contributed by atoms with Crippen molar-refractivity contribution >= 4 is 23.2 Å². The summed E-state index contributed by atoms with van der Waals surface area (Å²) in [7, 11) is 0. The summed E-state index contributed by atoms with van der Waals surface area (Å²) in [4.78, 5) is 0. The van der Waals surface area contributed by atoms with Crippen LogP contribution in [0.2, 0.25) is 10.0 Å². The number of rotatable bonds is 14. The monoisotopic (exact) mass is 406 g/mol. The number of halogens is 2. The second-order valence-corrected chi connectivity index (χ2v) is 7.83. The first kappa shape index (κ1) is 22.2.